The summed E-state index contributed by atoms with van der Waals surface area (Å²) in [5.74, 6) is -1.10. The molecule has 5 nitrogen and oxygen atoms in total. The fourth-order valence-electron chi connectivity index (χ4n) is 1.44. The maximum Gasteiger partial charge on any atom is 0.405 e. The van der Waals surface area contributed by atoms with Crippen molar-refractivity contribution in [2.75, 3.05) is 11.9 Å². The molecule has 2 amide bonds. The largest absolute Gasteiger partial charge is 0.405 e. The summed E-state index contributed by atoms with van der Waals surface area (Å²) < 4.78 is 35.9. The van der Waals surface area contributed by atoms with Crippen molar-refractivity contribution in [3.63, 3.8) is 0 Å². The molecule has 0 fully saturated rings. The van der Waals surface area contributed by atoms with Gasteiger partial charge in [-0.1, -0.05) is 6.07 Å². The summed E-state index contributed by atoms with van der Waals surface area (Å²) in [4.78, 5) is 27.6. The molecule has 2 rings (SSSR count). The maximum absolute atomic E-state index is 12.0. The molecule has 0 bridgehead atoms. The van der Waals surface area contributed by atoms with Gasteiger partial charge < -0.3 is 5.32 Å². The smallest absolute Gasteiger partial charge is 0.347 e. The first kappa shape index (κ1) is 16.4. The van der Waals surface area contributed by atoms with Crippen molar-refractivity contribution in [3.05, 3.63) is 33.5 Å². The van der Waals surface area contributed by atoms with Crippen molar-refractivity contribution in [2.45, 2.75) is 12.6 Å². The van der Waals surface area contributed by atoms with Crippen LogP contribution < -0.4 is 10.6 Å². The van der Waals surface area contributed by atoms with Crippen LogP contribution in [-0.2, 0) is 11.2 Å². The van der Waals surface area contributed by atoms with Crippen LogP contribution in [0.3, 0.4) is 0 Å². The number of alkyl halides is 3. The van der Waals surface area contributed by atoms with E-state index in [9.17, 15) is 22.8 Å². The number of anilines is 1. The molecule has 2 aromatic heterocycles. The normalized spacial score (nSPS) is 11.2. The summed E-state index contributed by atoms with van der Waals surface area (Å²) >= 11 is 2.37. The van der Waals surface area contributed by atoms with E-state index in [-0.39, 0.29) is 17.5 Å². The molecule has 0 saturated carbocycles. The SMILES string of the molecule is O=C(Cc1csc(NC(=O)c2cccs2)n1)NCC(F)(F)F. The third kappa shape index (κ3) is 5.11. The second kappa shape index (κ2) is 6.88. The minimum Gasteiger partial charge on any atom is -0.347 e. The lowest BCUT2D eigenvalue weighted by molar-refractivity contribution is -0.138. The van der Waals surface area contributed by atoms with Gasteiger partial charge in [0.05, 0.1) is 17.0 Å². The van der Waals surface area contributed by atoms with Gasteiger partial charge in [-0.15, -0.1) is 22.7 Å². The molecular weight excluding hydrogens is 339 g/mol. The standard InChI is InChI=1S/C12H10F3N3O2S2/c13-12(14,15)6-16-9(19)4-7-5-22-11(17-7)18-10(20)8-2-1-3-21-8/h1-3,5H,4,6H2,(H,16,19)(H,17,18,20). The van der Waals surface area contributed by atoms with Crippen LogP contribution in [0.1, 0.15) is 15.4 Å². The van der Waals surface area contributed by atoms with Crippen LogP contribution in [0.5, 0.6) is 0 Å². The van der Waals surface area contributed by atoms with Gasteiger partial charge in [-0.05, 0) is 11.4 Å². The van der Waals surface area contributed by atoms with Crippen molar-refractivity contribution in [1.82, 2.24) is 10.3 Å². The highest BCUT2D eigenvalue weighted by atomic mass is 32.1. The van der Waals surface area contributed by atoms with Gasteiger partial charge in [0.15, 0.2) is 5.13 Å². The quantitative estimate of drug-likeness (QED) is 0.872. The number of amides is 2. The lowest BCUT2D eigenvalue weighted by atomic mass is 10.3. The number of carbonyl (C=O) groups is 2. The lowest BCUT2D eigenvalue weighted by Crippen LogP contribution is -2.34. The molecule has 0 aromatic carbocycles. The van der Waals surface area contributed by atoms with Crippen LogP contribution in [0.4, 0.5) is 18.3 Å². The Kier molecular flexibility index (Phi) is 5.14. The molecule has 0 atom stereocenters. The highest BCUT2D eigenvalue weighted by molar-refractivity contribution is 7.14. The molecular formula is C12H10F3N3O2S2. The van der Waals surface area contributed by atoms with Gasteiger partial charge in [-0.25, -0.2) is 4.98 Å². The number of nitrogens with one attached hydrogen (secondary N) is 2. The maximum atomic E-state index is 12.0. The minimum absolute atomic E-state index is 0.276. The Morgan fingerprint density at radius 3 is 2.68 bits per heavy atom. The van der Waals surface area contributed by atoms with Gasteiger partial charge in [0, 0.05) is 5.38 Å². The zero-order valence-corrected chi connectivity index (χ0v) is 12.6. The van der Waals surface area contributed by atoms with Crippen LogP contribution in [0.2, 0.25) is 0 Å². The number of thiophene rings is 1. The second-order valence-corrected chi connectivity index (χ2v) is 5.95. The number of aromatic nitrogens is 1. The van der Waals surface area contributed by atoms with E-state index in [2.05, 4.69) is 10.3 Å². The highest BCUT2D eigenvalue weighted by Crippen LogP contribution is 2.18. The monoisotopic (exact) mass is 349 g/mol. The molecule has 2 aromatic rings. The average Bonchev–Trinajstić information content (AvgIpc) is 3.07. The Balaban J connectivity index is 1.86. The van der Waals surface area contributed by atoms with Gasteiger partial charge in [0.25, 0.3) is 5.91 Å². The molecule has 0 aliphatic heterocycles. The third-order valence-corrected chi connectivity index (χ3v) is 4.02. The second-order valence-electron chi connectivity index (χ2n) is 4.14. The Morgan fingerprint density at radius 1 is 1.27 bits per heavy atom. The number of hydrogen-bond acceptors (Lipinski definition) is 5. The first-order valence-corrected chi connectivity index (χ1v) is 7.72. The average molecular weight is 349 g/mol. The molecule has 22 heavy (non-hydrogen) atoms. The van der Waals surface area contributed by atoms with Gasteiger partial charge in [0.1, 0.15) is 6.54 Å². The van der Waals surface area contributed by atoms with E-state index in [4.69, 9.17) is 0 Å². The van der Waals surface area contributed by atoms with E-state index in [1.165, 1.54) is 16.7 Å². The fraction of sp³-hybridized carbons (Fsp3) is 0.250. The molecule has 118 valence electrons. The van der Waals surface area contributed by atoms with Crippen molar-refractivity contribution in [2.24, 2.45) is 0 Å². The molecule has 0 unspecified atom stereocenters. The predicted octanol–water partition coefficient (Wildman–Crippen LogP) is 2.68. The van der Waals surface area contributed by atoms with Crippen molar-refractivity contribution >= 4 is 39.6 Å². The molecule has 10 heteroatoms. The zero-order valence-electron chi connectivity index (χ0n) is 10.9. The summed E-state index contributed by atoms with van der Waals surface area (Å²) in [5, 5.41) is 7.88. The summed E-state index contributed by atoms with van der Waals surface area (Å²) in [6.45, 7) is -1.38. The molecule has 0 spiro atoms. The van der Waals surface area contributed by atoms with Gasteiger partial charge >= 0.3 is 6.18 Å². The van der Waals surface area contributed by atoms with Crippen LogP contribution in [-0.4, -0.2) is 29.5 Å². The van der Waals surface area contributed by atoms with E-state index >= 15 is 0 Å². The van der Waals surface area contributed by atoms with Crippen molar-refractivity contribution in [1.29, 1.82) is 0 Å². The summed E-state index contributed by atoms with van der Waals surface area (Å²) in [5.41, 5.74) is 0.297. The highest BCUT2D eigenvalue weighted by Gasteiger charge is 2.27. The topological polar surface area (TPSA) is 71.1 Å². The first-order chi connectivity index (χ1) is 10.3. The number of carbonyl (C=O) groups excluding carboxylic acids is 2. The van der Waals surface area contributed by atoms with E-state index < -0.39 is 18.6 Å². The van der Waals surface area contributed by atoms with Crippen LogP contribution >= 0.6 is 22.7 Å². The molecule has 0 aliphatic rings. The number of thiazole rings is 1. The van der Waals surface area contributed by atoms with E-state index in [0.29, 0.717) is 10.6 Å². The van der Waals surface area contributed by atoms with Gasteiger partial charge in [0.2, 0.25) is 5.91 Å². The zero-order chi connectivity index (χ0) is 16.2. The van der Waals surface area contributed by atoms with Crippen LogP contribution in [0.15, 0.2) is 22.9 Å². The van der Waals surface area contributed by atoms with Crippen LogP contribution in [0, 0.1) is 0 Å². The summed E-state index contributed by atoms with van der Waals surface area (Å²) in [6, 6.07) is 3.39. The third-order valence-electron chi connectivity index (χ3n) is 2.34. The number of halogens is 3. The van der Waals surface area contributed by atoms with E-state index in [1.54, 1.807) is 22.8 Å². The molecule has 0 saturated heterocycles. The van der Waals surface area contributed by atoms with E-state index in [1.807, 2.05) is 0 Å². The Morgan fingerprint density at radius 2 is 2.05 bits per heavy atom. The van der Waals surface area contributed by atoms with Gasteiger partial charge in [-0.3, -0.25) is 14.9 Å². The van der Waals surface area contributed by atoms with Crippen LogP contribution in [0.25, 0.3) is 0 Å². The Bertz CT molecular complexity index is 653. The lowest BCUT2D eigenvalue weighted by Gasteiger charge is -2.07. The van der Waals surface area contributed by atoms with Gasteiger partial charge in [-0.2, -0.15) is 13.2 Å². The molecule has 2 heterocycles. The van der Waals surface area contributed by atoms with E-state index in [0.717, 1.165) is 11.3 Å². The Labute approximate surface area is 131 Å². The van der Waals surface area contributed by atoms with Crippen molar-refractivity contribution < 1.29 is 22.8 Å². The summed E-state index contributed by atoms with van der Waals surface area (Å²) in [6.07, 6.45) is -4.72. The minimum atomic E-state index is -4.45. The first-order valence-electron chi connectivity index (χ1n) is 5.96. The molecule has 0 radical (unpaired) electrons. The fourth-order valence-corrected chi connectivity index (χ4v) is 2.76. The molecule has 0 aliphatic carbocycles. The van der Waals surface area contributed by atoms with Crippen molar-refractivity contribution in [3.8, 4) is 0 Å². The number of nitrogens with zero attached hydrogens (tertiary/aromatic N) is 1. The number of hydrogen-bond donors (Lipinski definition) is 2. The summed E-state index contributed by atoms with van der Waals surface area (Å²) in [7, 11) is 0. The molecule has 2 N–H and O–H groups in total. The number of rotatable bonds is 5. The predicted molar refractivity (Wildman–Crippen MR) is 77.2 cm³/mol. The Hall–Kier alpha value is -1.94.